The highest BCUT2D eigenvalue weighted by atomic mass is 16.5. The Labute approximate surface area is 176 Å². The molecular weight excluding hydrogens is 380 g/mol. The van der Waals surface area contributed by atoms with Crippen LogP contribution in [-0.2, 0) is 4.79 Å². The number of benzene rings is 2. The molecule has 4 rings (SSSR count). The third-order valence-electron chi connectivity index (χ3n) is 5.24. The van der Waals surface area contributed by atoms with Crippen molar-refractivity contribution in [2.45, 2.75) is 19.8 Å². The maximum absolute atomic E-state index is 12.9. The highest BCUT2D eigenvalue weighted by Gasteiger charge is 2.29. The van der Waals surface area contributed by atoms with E-state index in [4.69, 9.17) is 14.5 Å². The summed E-state index contributed by atoms with van der Waals surface area (Å²) in [6, 6.07) is 15.2. The number of amides is 1. The van der Waals surface area contributed by atoms with Gasteiger partial charge in [0.25, 0.3) is 5.88 Å². The molecule has 1 fully saturated rings. The number of carbonyl (C=O) groups is 1. The van der Waals surface area contributed by atoms with Crippen molar-refractivity contribution in [1.82, 2.24) is 9.97 Å². The van der Waals surface area contributed by atoms with Crippen molar-refractivity contribution in [2.24, 2.45) is 5.92 Å². The number of para-hydroxylation sites is 2. The lowest BCUT2D eigenvalue weighted by Crippen LogP contribution is -2.41. The molecule has 3 aromatic rings. The summed E-state index contributed by atoms with van der Waals surface area (Å²) >= 11 is 0. The lowest BCUT2D eigenvalue weighted by Gasteiger charge is -2.33. The van der Waals surface area contributed by atoms with Crippen molar-refractivity contribution in [3.63, 3.8) is 0 Å². The van der Waals surface area contributed by atoms with Gasteiger partial charge in [0.2, 0.25) is 5.91 Å². The van der Waals surface area contributed by atoms with Gasteiger partial charge in [-0.1, -0.05) is 12.1 Å². The molecule has 0 spiro atoms. The number of nitrogens with one attached hydrogen (secondary N) is 1. The quantitative estimate of drug-likeness (QED) is 0.669. The van der Waals surface area contributed by atoms with Crippen molar-refractivity contribution >= 4 is 28.4 Å². The van der Waals surface area contributed by atoms with E-state index >= 15 is 0 Å². The highest BCUT2D eigenvalue weighted by Crippen LogP contribution is 2.30. The molecule has 0 aliphatic carbocycles. The zero-order valence-corrected chi connectivity index (χ0v) is 17.3. The van der Waals surface area contributed by atoms with E-state index in [1.165, 1.54) is 0 Å². The zero-order valence-electron chi connectivity index (χ0n) is 17.3. The van der Waals surface area contributed by atoms with Crippen LogP contribution < -0.4 is 19.7 Å². The van der Waals surface area contributed by atoms with Gasteiger partial charge in [-0.05, 0) is 56.2 Å². The fraction of sp³-hybridized carbons (Fsp3) is 0.348. The maximum atomic E-state index is 12.9. The number of fused-ring (bicyclic) bond motifs is 1. The Morgan fingerprint density at radius 2 is 1.87 bits per heavy atom. The third kappa shape index (κ3) is 4.30. The summed E-state index contributed by atoms with van der Waals surface area (Å²) in [7, 11) is 1.60. The second kappa shape index (κ2) is 8.98. The van der Waals surface area contributed by atoms with Crippen molar-refractivity contribution in [2.75, 3.05) is 37.0 Å². The fourth-order valence-electron chi connectivity index (χ4n) is 3.75. The van der Waals surface area contributed by atoms with Gasteiger partial charge in [0.05, 0.1) is 30.7 Å². The van der Waals surface area contributed by atoms with E-state index in [0.29, 0.717) is 24.8 Å². The van der Waals surface area contributed by atoms with Crippen LogP contribution in [0.2, 0.25) is 0 Å². The van der Waals surface area contributed by atoms with Crippen molar-refractivity contribution in [3.05, 3.63) is 48.5 Å². The van der Waals surface area contributed by atoms with Gasteiger partial charge in [-0.15, -0.1) is 0 Å². The smallest absolute Gasteiger partial charge is 0.257 e. The summed E-state index contributed by atoms with van der Waals surface area (Å²) in [5, 5.41) is 3.02. The van der Waals surface area contributed by atoms with Gasteiger partial charge in [0.1, 0.15) is 5.75 Å². The second-order valence-corrected chi connectivity index (χ2v) is 7.28. The van der Waals surface area contributed by atoms with Crippen molar-refractivity contribution < 1.29 is 14.3 Å². The average molecular weight is 406 g/mol. The molecule has 1 aliphatic rings. The number of ether oxygens (including phenoxy) is 2. The number of hydrogen-bond acceptors (Lipinski definition) is 6. The molecule has 0 unspecified atom stereocenters. The molecule has 1 atom stereocenters. The number of nitrogens with zero attached hydrogens (tertiary/aromatic N) is 3. The number of methoxy groups -OCH3 is 1. The largest absolute Gasteiger partial charge is 0.494 e. The molecule has 30 heavy (non-hydrogen) atoms. The monoisotopic (exact) mass is 406 g/mol. The molecule has 1 amide bonds. The van der Waals surface area contributed by atoms with Crippen LogP contribution in [0.4, 0.5) is 11.5 Å². The van der Waals surface area contributed by atoms with E-state index in [0.717, 1.165) is 41.9 Å². The summed E-state index contributed by atoms with van der Waals surface area (Å²) in [6.07, 6.45) is 1.74. The Balaban J connectivity index is 1.49. The molecule has 7 nitrogen and oxygen atoms in total. The Morgan fingerprint density at radius 3 is 2.57 bits per heavy atom. The number of hydrogen-bond donors (Lipinski definition) is 1. The number of anilines is 2. The highest BCUT2D eigenvalue weighted by molar-refractivity contribution is 5.93. The fourth-order valence-corrected chi connectivity index (χ4v) is 3.75. The molecule has 1 aromatic heterocycles. The average Bonchev–Trinajstić information content (AvgIpc) is 2.79. The van der Waals surface area contributed by atoms with Crippen molar-refractivity contribution in [3.8, 4) is 11.6 Å². The molecule has 7 heteroatoms. The van der Waals surface area contributed by atoms with Crippen molar-refractivity contribution in [1.29, 1.82) is 0 Å². The van der Waals surface area contributed by atoms with Gasteiger partial charge in [-0.2, -0.15) is 0 Å². The van der Waals surface area contributed by atoms with Crippen LogP contribution in [0.1, 0.15) is 19.8 Å². The predicted octanol–water partition coefficient (Wildman–Crippen LogP) is 3.89. The topological polar surface area (TPSA) is 76.6 Å². The van der Waals surface area contributed by atoms with Crippen LogP contribution in [-0.4, -0.2) is 42.7 Å². The molecule has 1 saturated heterocycles. The Kier molecular flexibility index (Phi) is 5.97. The first-order chi connectivity index (χ1) is 14.7. The minimum Gasteiger partial charge on any atom is -0.494 e. The van der Waals surface area contributed by atoms with Crippen LogP contribution in [0.5, 0.6) is 11.6 Å². The van der Waals surface area contributed by atoms with Gasteiger partial charge in [0, 0.05) is 18.8 Å². The first kappa shape index (κ1) is 19.9. The molecule has 2 heterocycles. The minimum absolute atomic E-state index is 0.0107. The lowest BCUT2D eigenvalue weighted by molar-refractivity contribution is -0.120. The summed E-state index contributed by atoms with van der Waals surface area (Å²) in [5.74, 6) is 1.84. The first-order valence-corrected chi connectivity index (χ1v) is 10.3. The second-order valence-electron chi connectivity index (χ2n) is 7.28. The van der Waals surface area contributed by atoms with Crippen LogP contribution in [0.15, 0.2) is 48.5 Å². The lowest BCUT2D eigenvalue weighted by atomic mass is 9.97. The molecule has 1 aliphatic heterocycles. The molecule has 0 bridgehead atoms. The first-order valence-electron chi connectivity index (χ1n) is 10.3. The van der Waals surface area contributed by atoms with E-state index in [2.05, 4.69) is 15.2 Å². The molecule has 0 saturated carbocycles. The summed E-state index contributed by atoms with van der Waals surface area (Å²) in [5.41, 5.74) is 2.37. The molecule has 2 aromatic carbocycles. The van der Waals surface area contributed by atoms with Crippen LogP contribution in [0, 0.1) is 5.92 Å². The zero-order chi connectivity index (χ0) is 20.9. The Bertz CT molecular complexity index is 1020. The van der Waals surface area contributed by atoms with E-state index in [9.17, 15) is 4.79 Å². The molecule has 156 valence electrons. The number of carbonyl (C=O) groups excluding carboxylic acids is 1. The van der Waals surface area contributed by atoms with Crippen LogP contribution in [0.25, 0.3) is 11.0 Å². The van der Waals surface area contributed by atoms with Gasteiger partial charge in [-0.3, -0.25) is 4.79 Å². The van der Waals surface area contributed by atoms with E-state index in [-0.39, 0.29) is 11.8 Å². The van der Waals surface area contributed by atoms with Gasteiger partial charge < -0.3 is 19.7 Å². The van der Waals surface area contributed by atoms with E-state index in [1.807, 2.05) is 55.5 Å². The molecule has 0 radical (unpaired) electrons. The summed E-state index contributed by atoms with van der Waals surface area (Å²) in [6.45, 7) is 3.95. The van der Waals surface area contributed by atoms with Gasteiger partial charge in [-0.25, -0.2) is 9.97 Å². The van der Waals surface area contributed by atoms with Gasteiger partial charge >= 0.3 is 0 Å². The third-order valence-corrected chi connectivity index (χ3v) is 5.24. The standard InChI is InChI=1S/C23H26N4O3/c1-3-30-18-12-10-17(11-13-18)24-22(28)16-7-6-14-27(15-16)21-23(29-2)26-20-9-5-4-8-19(20)25-21/h4-5,8-13,16H,3,6-7,14-15H2,1-2H3,(H,24,28)/t16-/m1/s1. The maximum Gasteiger partial charge on any atom is 0.257 e. The van der Waals surface area contributed by atoms with Gasteiger partial charge in [0.15, 0.2) is 5.82 Å². The molecule has 1 N–H and O–H groups in total. The van der Waals surface area contributed by atoms with E-state index in [1.54, 1.807) is 7.11 Å². The summed E-state index contributed by atoms with van der Waals surface area (Å²) in [4.78, 5) is 24.3. The van der Waals surface area contributed by atoms with E-state index < -0.39 is 0 Å². The predicted molar refractivity (Wildman–Crippen MR) is 117 cm³/mol. The summed E-state index contributed by atoms with van der Waals surface area (Å²) < 4.78 is 11.0. The molecular formula is C23H26N4O3. The Hall–Kier alpha value is -3.35. The van der Waals surface area contributed by atoms with Crippen LogP contribution >= 0.6 is 0 Å². The number of piperidine rings is 1. The number of aromatic nitrogens is 2. The minimum atomic E-state index is -0.136. The Morgan fingerprint density at radius 1 is 1.13 bits per heavy atom. The number of rotatable bonds is 6. The van der Waals surface area contributed by atoms with Crippen LogP contribution in [0.3, 0.4) is 0 Å². The SMILES string of the molecule is CCOc1ccc(NC(=O)[C@@H]2CCCN(c3nc4ccccc4nc3OC)C2)cc1. The normalized spacial score (nSPS) is 16.3.